The SMILES string of the molecule is CC(C)(C)c1ccc(CCc2nc(N)sc2Br)cc1. The summed E-state index contributed by atoms with van der Waals surface area (Å²) < 4.78 is 1.05. The zero-order chi connectivity index (χ0) is 14.0. The molecule has 0 saturated heterocycles. The Morgan fingerprint density at radius 2 is 1.79 bits per heavy atom. The van der Waals surface area contributed by atoms with Gasteiger partial charge in [0.05, 0.1) is 9.48 Å². The lowest BCUT2D eigenvalue weighted by Crippen LogP contribution is -2.10. The third-order valence-electron chi connectivity index (χ3n) is 3.14. The monoisotopic (exact) mass is 338 g/mol. The number of nitrogens with two attached hydrogens (primary N) is 1. The molecule has 2 N–H and O–H groups in total. The summed E-state index contributed by atoms with van der Waals surface area (Å²) in [6.07, 6.45) is 1.91. The molecule has 2 rings (SSSR count). The van der Waals surface area contributed by atoms with Crippen LogP contribution in [0.2, 0.25) is 0 Å². The normalized spacial score (nSPS) is 11.8. The van der Waals surface area contributed by atoms with Crippen LogP contribution in [0.25, 0.3) is 0 Å². The van der Waals surface area contributed by atoms with E-state index in [1.54, 1.807) is 0 Å². The summed E-state index contributed by atoms with van der Waals surface area (Å²) in [6.45, 7) is 6.70. The molecular weight excluding hydrogens is 320 g/mol. The first-order valence-corrected chi connectivity index (χ1v) is 7.97. The van der Waals surface area contributed by atoms with Crippen LogP contribution in [-0.2, 0) is 18.3 Å². The predicted molar refractivity (Wildman–Crippen MR) is 86.8 cm³/mol. The lowest BCUT2D eigenvalue weighted by Gasteiger charge is -2.19. The molecule has 0 spiro atoms. The maximum Gasteiger partial charge on any atom is 0.181 e. The van der Waals surface area contributed by atoms with E-state index < -0.39 is 0 Å². The molecule has 2 aromatic rings. The second-order valence-corrected chi connectivity index (χ2v) is 8.07. The number of anilines is 1. The standard InChI is InChI=1S/C15H19BrN2S/c1-15(2,3)11-7-4-10(5-8-11)6-9-12-13(16)19-14(17)18-12/h4-5,7-8H,6,9H2,1-3H3,(H2,17,18). The van der Waals surface area contributed by atoms with Gasteiger partial charge in [0.2, 0.25) is 0 Å². The fourth-order valence-corrected chi connectivity index (χ4v) is 3.33. The summed E-state index contributed by atoms with van der Waals surface area (Å²) in [5, 5.41) is 0.630. The van der Waals surface area contributed by atoms with Crippen molar-refractivity contribution >= 4 is 32.4 Å². The van der Waals surface area contributed by atoms with Gasteiger partial charge in [0.25, 0.3) is 0 Å². The van der Waals surface area contributed by atoms with Gasteiger partial charge in [-0.15, -0.1) is 0 Å². The number of nitrogen functional groups attached to an aromatic ring is 1. The molecule has 0 aliphatic heterocycles. The second kappa shape index (κ2) is 5.63. The Labute approximate surface area is 127 Å². The van der Waals surface area contributed by atoms with E-state index >= 15 is 0 Å². The van der Waals surface area contributed by atoms with Gasteiger partial charge in [-0.2, -0.15) is 0 Å². The van der Waals surface area contributed by atoms with Crippen LogP contribution in [0.3, 0.4) is 0 Å². The maximum atomic E-state index is 5.69. The Hall–Kier alpha value is -0.870. The van der Waals surface area contributed by atoms with Crippen molar-refractivity contribution in [1.82, 2.24) is 4.98 Å². The van der Waals surface area contributed by atoms with E-state index in [4.69, 9.17) is 5.73 Å². The van der Waals surface area contributed by atoms with Gasteiger partial charge in [0, 0.05) is 0 Å². The topological polar surface area (TPSA) is 38.9 Å². The Kier molecular flexibility index (Phi) is 4.31. The van der Waals surface area contributed by atoms with Crippen LogP contribution in [0, 0.1) is 0 Å². The molecule has 0 fully saturated rings. The smallest absolute Gasteiger partial charge is 0.181 e. The number of thiazole rings is 1. The Balaban J connectivity index is 2.02. The van der Waals surface area contributed by atoms with Gasteiger partial charge >= 0.3 is 0 Å². The molecule has 1 aromatic carbocycles. The quantitative estimate of drug-likeness (QED) is 0.890. The number of halogens is 1. The fourth-order valence-electron chi connectivity index (χ4n) is 1.94. The molecule has 1 heterocycles. The number of rotatable bonds is 3. The van der Waals surface area contributed by atoms with E-state index in [9.17, 15) is 0 Å². The van der Waals surface area contributed by atoms with Crippen LogP contribution in [0.4, 0.5) is 5.13 Å². The van der Waals surface area contributed by atoms with E-state index in [0.717, 1.165) is 22.3 Å². The molecule has 0 unspecified atom stereocenters. The molecule has 19 heavy (non-hydrogen) atoms. The summed E-state index contributed by atoms with van der Waals surface area (Å²) in [7, 11) is 0. The largest absolute Gasteiger partial charge is 0.375 e. The number of nitrogens with zero attached hydrogens (tertiary/aromatic N) is 1. The highest BCUT2D eigenvalue weighted by Gasteiger charge is 2.13. The molecule has 0 bridgehead atoms. The number of aryl methyl sites for hydroxylation is 2. The number of aromatic nitrogens is 1. The summed E-state index contributed by atoms with van der Waals surface area (Å²) in [6, 6.07) is 8.87. The third-order valence-corrected chi connectivity index (χ3v) is 4.80. The molecule has 0 saturated carbocycles. The predicted octanol–water partition coefficient (Wildman–Crippen LogP) is 4.57. The highest BCUT2D eigenvalue weighted by Crippen LogP contribution is 2.27. The molecule has 102 valence electrons. The van der Waals surface area contributed by atoms with Gasteiger partial charge in [-0.1, -0.05) is 56.4 Å². The second-order valence-electron chi connectivity index (χ2n) is 5.72. The van der Waals surface area contributed by atoms with E-state index in [1.807, 2.05) is 0 Å². The van der Waals surface area contributed by atoms with Crippen LogP contribution < -0.4 is 5.73 Å². The van der Waals surface area contributed by atoms with Crippen molar-refractivity contribution in [1.29, 1.82) is 0 Å². The minimum atomic E-state index is 0.213. The summed E-state index contributed by atoms with van der Waals surface area (Å²) in [5.41, 5.74) is 9.67. The number of hydrogen-bond donors (Lipinski definition) is 1. The average molecular weight is 339 g/mol. The maximum absolute atomic E-state index is 5.69. The minimum Gasteiger partial charge on any atom is -0.375 e. The molecule has 0 radical (unpaired) electrons. The van der Waals surface area contributed by atoms with Crippen molar-refractivity contribution in [3.63, 3.8) is 0 Å². The number of hydrogen-bond acceptors (Lipinski definition) is 3. The highest BCUT2D eigenvalue weighted by molar-refractivity contribution is 9.11. The third kappa shape index (κ3) is 3.80. The Bertz CT molecular complexity index is 553. The van der Waals surface area contributed by atoms with Crippen LogP contribution >= 0.6 is 27.3 Å². The first-order chi connectivity index (χ1) is 8.86. The highest BCUT2D eigenvalue weighted by atomic mass is 79.9. The van der Waals surface area contributed by atoms with Crippen molar-refractivity contribution in [2.45, 2.75) is 39.0 Å². The molecule has 0 amide bonds. The van der Waals surface area contributed by atoms with Crippen LogP contribution in [0.5, 0.6) is 0 Å². The summed E-state index contributed by atoms with van der Waals surface area (Å²) in [5.74, 6) is 0. The lowest BCUT2D eigenvalue weighted by atomic mass is 9.86. The van der Waals surface area contributed by atoms with Crippen molar-refractivity contribution in [2.24, 2.45) is 0 Å². The van der Waals surface area contributed by atoms with Gasteiger partial charge in [-0.3, -0.25) is 0 Å². The van der Waals surface area contributed by atoms with E-state index in [-0.39, 0.29) is 5.41 Å². The zero-order valence-electron chi connectivity index (χ0n) is 11.5. The molecule has 0 aliphatic rings. The van der Waals surface area contributed by atoms with Crippen LogP contribution in [0.15, 0.2) is 28.1 Å². The van der Waals surface area contributed by atoms with Gasteiger partial charge in [0.1, 0.15) is 0 Å². The van der Waals surface area contributed by atoms with E-state index in [1.165, 1.54) is 22.5 Å². The fraction of sp³-hybridized carbons (Fsp3) is 0.400. The molecular formula is C15H19BrN2S. The first kappa shape index (κ1) is 14.5. The average Bonchev–Trinajstić information content (AvgIpc) is 2.65. The lowest BCUT2D eigenvalue weighted by molar-refractivity contribution is 0.590. The van der Waals surface area contributed by atoms with Gasteiger partial charge in [0.15, 0.2) is 5.13 Å². The number of benzene rings is 1. The first-order valence-electron chi connectivity index (χ1n) is 6.36. The van der Waals surface area contributed by atoms with E-state index in [0.29, 0.717) is 5.13 Å². The summed E-state index contributed by atoms with van der Waals surface area (Å²) >= 11 is 5.00. The molecule has 0 aliphatic carbocycles. The molecule has 0 atom stereocenters. The molecule has 4 heteroatoms. The van der Waals surface area contributed by atoms with Gasteiger partial charge in [-0.05, 0) is 45.3 Å². The molecule has 2 nitrogen and oxygen atoms in total. The van der Waals surface area contributed by atoms with Gasteiger partial charge in [-0.25, -0.2) is 4.98 Å². The van der Waals surface area contributed by atoms with Crippen molar-refractivity contribution in [3.8, 4) is 0 Å². The summed E-state index contributed by atoms with van der Waals surface area (Å²) in [4.78, 5) is 4.33. The van der Waals surface area contributed by atoms with Gasteiger partial charge < -0.3 is 5.73 Å². The van der Waals surface area contributed by atoms with Crippen molar-refractivity contribution < 1.29 is 0 Å². The Morgan fingerprint density at radius 1 is 1.16 bits per heavy atom. The molecule has 1 aromatic heterocycles. The van der Waals surface area contributed by atoms with Crippen molar-refractivity contribution in [2.75, 3.05) is 5.73 Å². The van der Waals surface area contributed by atoms with Crippen LogP contribution in [-0.4, -0.2) is 4.98 Å². The van der Waals surface area contributed by atoms with E-state index in [2.05, 4.69) is 66.0 Å². The minimum absolute atomic E-state index is 0.213. The Morgan fingerprint density at radius 3 is 2.26 bits per heavy atom. The zero-order valence-corrected chi connectivity index (χ0v) is 13.9. The van der Waals surface area contributed by atoms with Crippen molar-refractivity contribution in [3.05, 3.63) is 44.9 Å². The van der Waals surface area contributed by atoms with Crippen LogP contribution in [0.1, 0.15) is 37.6 Å².